The van der Waals surface area contributed by atoms with E-state index in [0.717, 1.165) is 12.1 Å². The number of aromatic nitrogens is 3. The van der Waals surface area contributed by atoms with Crippen LogP contribution in [0.2, 0.25) is 5.02 Å². The zero-order valence-corrected chi connectivity index (χ0v) is 9.92. The zero-order chi connectivity index (χ0) is 13.5. The summed E-state index contributed by atoms with van der Waals surface area (Å²) in [6.07, 6.45) is -4.52. The van der Waals surface area contributed by atoms with Crippen molar-refractivity contribution in [1.29, 1.82) is 0 Å². The second-order valence-electron chi connectivity index (χ2n) is 3.63. The van der Waals surface area contributed by atoms with Crippen LogP contribution >= 0.6 is 11.6 Å². The summed E-state index contributed by atoms with van der Waals surface area (Å²) in [5, 5.41) is 6.89. The molecule has 1 aromatic heterocycles. The second-order valence-corrected chi connectivity index (χ2v) is 4.04. The Hall–Kier alpha value is -1.76. The Labute approximate surface area is 105 Å². The molecule has 0 spiro atoms. The molecule has 0 fully saturated rings. The smallest absolute Gasteiger partial charge is 0.381 e. The van der Waals surface area contributed by atoms with Crippen molar-refractivity contribution in [3.8, 4) is 5.69 Å². The Kier molecular flexibility index (Phi) is 2.94. The molecule has 0 aliphatic heterocycles. The van der Waals surface area contributed by atoms with Crippen LogP contribution < -0.4 is 5.73 Å². The van der Waals surface area contributed by atoms with Gasteiger partial charge in [-0.25, -0.2) is 4.68 Å². The van der Waals surface area contributed by atoms with Gasteiger partial charge in [0.25, 0.3) is 0 Å². The van der Waals surface area contributed by atoms with E-state index in [9.17, 15) is 13.2 Å². The number of hydrogen-bond acceptors (Lipinski definition) is 3. The standard InChI is InChI=1S/C10H8ClF3N4/c1-5-9(15)16-17-18(5)6-2-3-8(11)7(4-6)10(12,13)14/h2-4H,15H2,1H3. The summed E-state index contributed by atoms with van der Waals surface area (Å²) in [7, 11) is 0. The molecule has 1 aromatic carbocycles. The van der Waals surface area contributed by atoms with E-state index in [1.54, 1.807) is 6.92 Å². The first kappa shape index (κ1) is 12.7. The topological polar surface area (TPSA) is 56.7 Å². The maximum atomic E-state index is 12.7. The molecule has 0 radical (unpaired) electrons. The van der Waals surface area contributed by atoms with Gasteiger partial charge in [0.15, 0.2) is 5.82 Å². The van der Waals surface area contributed by atoms with Gasteiger partial charge in [-0.1, -0.05) is 16.8 Å². The number of hydrogen-bond donors (Lipinski definition) is 1. The number of nitrogens with two attached hydrogens (primary N) is 1. The summed E-state index contributed by atoms with van der Waals surface area (Å²) >= 11 is 5.52. The summed E-state index contributed by atoms with van der Waals surface area (Å²) < 4.78 is 39.3. The Morgan fingerprint density at radius 3 is 2.50 bits per heavy atom. The van der Waals surface area contributed by atoms with Gasteiger partial charge in [-0.15, -0.1) is 5.10 Å². The predicted octanol–water partition coefficient (Wildman–Crippen LogP) is 2.83. The molecule has 0 aliphatic carbocycles. The number of anilines is 1. The van der Waals surface area contributed by atoms with Gasteiger partial charge >= 0.3 is 6.18 Å². The van der Waals surface area contributed by atoms with E-state index < -0.39 is 11.7 Å². The summed E-state index contributed by atoms with van der Waals surface area (Å²) in [6, 6.07) is 3.49. The minimum atomic E-state index is -4.52. The average Bonchev–Trinajstić information content (AvgIpc) is 2.59. The van der Waals surface area contributed by atoms with Crippen molar-refractivity contribution in [3.05, 3.63) is 34.5 Å². The highest BCUT2D eigenvalue weighted by Gasteiger charge is 2.33. The third-order valence-electron chi connectivity index (χ3n) is 2.43. The van der Waals surface area contributed by atoms with E-state index in [4.69, 9.17) is 17.3 Å². The number of nitrogens with zero attached hydrogens (tertiary/aromatic N) is 3. The van der Waals surface area contributed by atoms with Gasteiger partial charge in [-0.3, -0.25) is 0 Å². The van der Waals surface area contributed by atoms with Gasteiger partial charge < -0.3 is 5.73 Å². The van der Waals surface area contributed by atoms with Crippen LogP contribution in [0, 0.1) is 6.92 Å². The molecule has 0 amide bonds. The third kappa shape index (κ3) is 2.13. The summed E-state index contributed by atoms with van der Waals surface area (Å²) in [4.78, 5) is 0. The van der Waals surface area contributed by atoms with E-state index in [2.05, 4.69) is 10.3 Å². The molecule has 1 heterocycles. The van der Waals surface area contributed by atoms with Crippen LogP contribution in [-0.2, 0) is 6.18 Å². The molecule has 0 aliphatic rings. The molecule has 96 valence electrons. The molecule has 8 heteroatoms. The second kappa shape index (κ2) is 4.16. The van der Waals surface area contributed by atoms with Crippen molar-refractivity contribution >= 4 is 17.4 Å². The quantitative estimate of drug-likeness (QED) is 0.871. The van der Waals surface area contributed by atoms with Crippen molar-refractivity contribution in [3.63, 3.8) is 0 Å². The number of benzene rings is 1. The number of alkyl halides is 3. The number of rotatable bonds is 1. The van der Waals surface area contributed by atoms with E-state index in [1.165, 1.54) is 10.7 Å². The highest BCUT2D eigenvalue weighted by molar-refractivity contribution is 6.31. The molecule has 2 N–H and O–H groups in total. The molecule has 18 heavy (non-hydrogen) atoms. The van der Waals surface area contributed by atoms with Gasteiger partial charge in [-0.2, -0.15) is 13.2 Å². The molecular formula is C10H8ClF3N4. The fraction of sp³-hybridized carbons (Fsp3) is 0.200. The van der Waals surface area contributed by atoms with Crippen molar-refractivity contribution < 1.29 is 13.2 Å². The van der Waals surface area contributed by atoms with Crippen LogP contribution in [0.15, 0.2) is 18.2 Å². The predicted molar refractivity (Wildman–Crippen MR) is 60.5 cm³/mol. The monoisotopic (exact) mass is 276 g/mol. The lowest BCUT2D eigenvalue weighted by atomic mass is 10.2. The highest BCUT2D eigenvalue weighted by Crippen LogP contribution is 2.35. The van der Waals surface area contributed by atoms with Crippen LogP contribution in [0.3, 0.4) is 0 Å². The van der Waals surface area contributed by atoms with Crippen molar-refractivity contribution in [2.75, 3.05) is 5.73 Å². The fourth-order valence-corrected chi connectivity index (χ4v) is 1.67. The molecule has 0 saturated heterocycles. The lowest BCUT2D eigenvalue weighted by molar-refractivity contribution is -0.137. The Bertz CT molecular complexity index is 591. The van der Waals surface area contributed by atoms with Crippen LogP contribution in [0.5, 0.6) is 0 Å². The molecule has 0 unspecified atom stereocenters. The van der Waals surface area contributed by atoms with E-state index in [0.29, 0.717) is 5.69 Å². The first-order chi connectivity index (χ1) is 8.30. The average molecular weight is 277 g/mol. The number of halogens is 4. The first-order valence-electron chi connectivity index (χ1n) is 4.85. The van der Waals surface area contributed by atoms with Gasteiger partial charge in [-0.05, 0) is 25.1 Å². The van der Waals surface area contributed by atoms with Gasteiger partial charge in [0.05, 0.1) is 22.0 Å². The molecule has 2 rings (SSSR count). The molecular weight excluding hydrogens is 269 g/mol. The maximum absolute atomic E-state index is 12.7. The third-order valence-corrected chi connectivity index (χ3v) is 2.76. The summed E-state index contributed by atoms with van der Waals surface area (Å²) in [5.74, 6) is 0.165. The molecule has 0 bridgehead atoms. The summed E-state index contributed by atoms with van der Waals surface area (Å²) in [6.45, 7) is 1.61. The maximum Gasteiger partial charge on any atom is 0.417 e. The Morgan fingerprint density at radius 2 is 2.00 bits per heavy atom. The normalized spacial score (nSPS) is 11.8. The van der Waals surface area contributed by atoms with Crippen LogP contribution in [-0.4, -0.2) is 15.0 Å². The molecule has 4 nitrogen and oxygen atoms in total. The number of nitrogen functional groups attached to an aromatic ring is 1. The fourth-order valence-electron chi connectivity index (χ4n) is 1.45. The first-order valence-corrected chi connectivity index (χ1v) is 5.23. The molecule has 0 saturated carbocycles. The molecule has 0 atom stereocenters. The lowest BCUT2D eigenvalue weighted by Crippen LogP contribution is -2.08. The van der Waals surface area contributed by atoms with Gasteiger partial charge in [0.1, 0.15) is 0 Å². The van der Waals surface area contributed by atoms with Crippen LogP contribution in [0.1, 0.15) is 11.3 Å². The largest absolute Gasteiger partial charge is 0.417 e. The highest BCUT2D eigenvalue weighted by atomic mass is 35.5. The van der Waals surface area contributed by atoms with Crippen LogP contribution in [0.25, 0.3) is 5.69 Å². The zero-order valence-electron chi connectivity index (χ0n) is 9.16. The van der Waals surface area contributed by atoms with E-state index in [1.807, 2.05) is 0 Å². The van der Waals surface area contributed by atoms with Crippen molar-refractivity contribution in [2.45, 2.75) is 13.1 Å². The van der Waals surface area contributed by atoms with Crippen molar-refractivity contribution in [2.24, 2.45) is 0 Å². The Balaban J connectivity index is 2.58. The van der Waals surface area contributed by atoms with Crippen molar-refractivity contribution in [1.82, 2.24) is 15.0 Å². The van der Waals surface area contributed by atoms with Gasteiger partial charge in [0.2, 0.25) is 0 Å². The van der Waals surface area contributed by atoms with Crippen LogP contribution in [0.4, 0.5) is 19.0 Å². The molecule has 2 aromatic rings. The lowest BCUT2D eigenvalue weighted by Gasteiger charge is -2.11. The van der Waals surface area contributed by atoms with E-state index in [-0.39, 0.29) is 16.5 Å². The minimum Gasteiger partial charge on any atom is -0.381 e. The minimum absolute atomic E-state index is 0.165. The van der Waals surface area contributed by atoms with E-state index >= 15 is 0 Å². The van der Waals surface area contributed by atoms with Gasteiger partial charge in [0, 0.05) is 0 Å². The SMILES string of the molecule is Cc1c(N)nnn1-c1ccc(Cl)c(C(F)(F)F)c1. The Morgan fingerprint density at radius 1 is 1.33 bits per heavy atom. The summed E-state index contributed by atoms with van der Waals surface area (Å²) in [5.41, 5.74) is 5.23.